The van der Waals surface area contributed by atoms with Gasteiger partial charge in [-0.1, -0.05) is 18.2 Å². The zero-order valence-corrected chi connectivity index (χ0v) is 18.1. The summed E-state index contributed by atoms with van der Waals surface area (Å²) in [6.45, 7) is 5.52. The van der Waals surface area contributed by atoms with Crippen molar-refractivity contribution in [2.45, 2.75) is 32.9 Å². The summed E-state index contributed by atoms with van der Waals surface area (Å²) in [4.78, 5) is 32.9. The van der Waals surface area contributed by atoms with E-state index in [1.54, 1.807) is 31.4 Å². The molecule has 2 aromatic carbocycles. The topological polar surface area (TPSA) is 68.7 Å². The van der Waals surface area contributed by atoms with Gasteiger partial charge in [-0.3, -0.25) is 14.7 Å². The number of benzene rings is 2. The van der Waals surface area contributed by atoms with Crippen LogP contribution in [0.25, 0.3) is 10.9 Å². The number of carbonyl (C=O) groups is 2. The van der Waals surface area contributed by atoms with E-state index in [2.05, 4.69) is 18.7 Å². The van der Waals surface area contributed by atoms with Crippen molar-refractivity contribution in [2.75, 3.05) is 20.3 Å². The third-order valence-electron chi connectivity index (χ3n) is 5.76. The SMILES string of the molecule is COc1ccc(C(=O)COC(=O)c2c3c(nc4ccccc24)CCN(C(C)C)C3)cc1. The molecule has 0 amide bonds. The zero-order chi connectivity index (χ0) is 22.0. The molecule has 6 nitrogen and oxygen atoms in total. The lowest BCUT2D eigenvalue weighted by Crippen LogP contribution is -2.37. The summed E-state index contributed by atoms with van der Waals surface area (Å²) in [5.41, 5.74) is 3.60. The van der Waals surface area contributed by atoms with Gasteiger partial charge in [0.2, 0.25) is 0 Å². The number of rotatable bonds is 6. The van der Waals surface area contributed by atoms with Crippen molar-refractivity contribution >= 4 is 22.7 Å². The first-order valence-electron chi connectivity index (χ1n) is 10.5. The second kappa shape index (κ2) is 8.86. The highest BCUT2D eigenvalue weighted by Gasteiger charge is 2.27. The second-order valence-electron chi connectivity index (χ2n) is 7.97. The first kappa shape index (κ1) is 21.0. The van der Waals surface area contributed by atoms with E-state index in [4.69, 9.17) is 14.5 Å². The predicted molar refractivity (Wildman–Crippen MR) is 119 cm³/mol. The summed E-state index contributed by atoms with van der Waals surface area (Å²) in [5.74, 6) is -0.0764. The summed E-state index contributed by atoms with van der Waals surface area (Å²) < 4.78 is 10.6. The molecule has 1 aliphatic heterocycles. The Hall–Kier alpha value is -3.25. The van der Waals surface area contributed by atoms with Crippen molar-refractivity contribution < 1.29 is 19.1 Å². The average molecular weight is 418 g/mol. The van der Waals surface area contributed by atoms with Crippen LogP contribution in [0.2, 0.25) is 0 Å². The zero-order valence-electron chi connectivity index (χ0n) is 18.1. The molecule has 3 aromatic rings. The number of methoxy groups -OCH3 is 1. The number of hydrogen-bond donors (Lipinski definition) is 0. The monoisotopic (exact) mass is 418 g/mol. The predicted octanol–water partition coefficient (Wildman–Crippen LogP) is 4.05. The Bertz CT molecular complexity index is 1120. The maximum absolute atomic E-state index is 13.2. The standard InChI is InChI=1S/C25H26N2O4/c1-16(2)27-13-12-22-20(14-27)24(19-6-4-5-7-21(19)26-22)25(29)31-15-23(28)17-8-10-18(30-3)11-9-17/h4-11,16H,12-15H2,1-3H3. The number of carbonyl (C=O) groups excluding carboxylic acids is 2. The average Bonchev–Trinajstić information content (AvgIpc) is 2.80. The number of nitrogens with zero attached hydrogens (tertiary/aromatic N) is 2. The Balaban J connectivity index is 1.62. The highest BCUT2D eigenvalue weighted by molar-refractivity contribution is 6.06. The van der Waals surface area contributed by atoms with Crippen molar-refractivity contribution in [3.63, 3.8) is 0 Å². The minimum atomic E-state index is -0.484. The number of Topliss-reactive ketones (excluding diaryl/α,β-unsaturated/α-hetero) is 1. The van der Waals surface area contributed by atoms with Crippen molar-refractivity contribution in [1.29, 1.82) is 0 Å². The summed E-state index contributed by atoms with van der Waals surface area (Å²) in [5, 5.41) is 0.758. The van der Waals surface area contributed by atoms with Gasteiger partial charge in [0, 0.05) is 47.8 Å². The Labute approximate surface area is 181 Å². The van der Waals surface area contributed by atoms with Crippen LogP contribution in [-0.4, -0.2) is 47.9 Å². The summed E-state index contributed by atoms with van der Waals surface area (Å²) in [7, 11) is 1.57. The molecule has 0 bridgehead atoms. The molecule has 0 unspecified atom stereocenters. The quantitative estimate of drug-likeness (QED) is 0.444. The summed E-state index contributed by atoms with van der Waals surface area (Å²) in [6, 6.07) is 14.7. The largest absolute Gasteiger partial charge is 0.497 e. The van der Waals surface area contributed by atoms with Gasteiger partial charge in [0.05, 0.1) is 18.2 Å². The molecule has 0 fully saturated rings. The number of esters is 1. The van der Waals surface area contributed by atoms with E-state index in [1.165, 1.54) is 0 Å². The molecule has 0 N–H and O–H groups in total. The van der Waals surface area contributed by atoms with E-state index < -0.39 is 5.97 Å². The van der Waals surface area contributed by atoms with Crippen molar-refractivity contribution in [3.05, 3.63) is 70.9 Å². The molecule has 6 heteroatoms. The molecule has 0 saturated carbocycles. The second-order valence-corrected chi connectivity index (χ2v) is 7.97. The molecule has 0 saturated heterocycles. The van der Waals surface area contributed by atoms with E-state index in [0.717, 1.165) is 35.1 Å². The molecule has 0 spiro atoms. The number of ketones is 1. The maximum Gasteiger partial charge on any atom is 0.339 e. The highest BCUT2D eigenvalue weighted by atomic mass is 16.5. The first-order valence-corrected chi connectivity index (χ1v) is 10.5. The normalized spacial score (nSPS) is 13.8. The van der Waals surface area contributed by atoms with Crippen LogP contribution in [0.3, 0.4) is 0 Å². The number of ether oxygens (including phenoxy) is 2. The molecule has 31 heavy (non-hydrogen) atoms. The highest BCUT2D eigenvalue weighted by Crippen LogP contribution is 2.29. The first-order chi connectivity index (χ1) is 15.0. The van der Waals surface area contributed by atoms with Crippen LogP contribution in [-0.2, 0) is 17.7 Å². The minimum Gasteiger partial charge on any atom is -0.497 e. The number of fused-ring (bicyclic) bond motifs is 2. The fourth-order valence-electron chi connectivity index (χ4n) is 3.95. The van der Waals surface area contributed by atoms with Gasteiger partial charge in [0.1, 0.15) is 5.75 Å². The lowest BCUT2D eigenvalue weighted by molar-refractivity contribution is 0.0473. The van der Waals surface area contributed by atoms with E-state index >= 15 is 0 Å². The van der Waals surface area contributed by atoms with Crippen LogP contribution in [0.15, 0.2) is 48.5 Å². The Morgan fingerprint density at radius 3 is 2.55 bits per heavy atom. The van der Waals surface area contributed by atoms with Gasteiger partial charge in [-0.2, -0.15) is 0 Å². The smallest absolute Gasteiger partial charge is 0.339 e. The number of hydrogen-bond acceptors (Lipinski definition) is 6. The van der Waals surface area contributed by atoms with Gasteiger partial charge in [-0.15, -0.1) is 0 Å². The lowest BCUT2D eigenvalue weighted by atomic mass is 9.95. The van der Waals surface area contributed by atoms with Gasteiger partial charge < -0.3 is 9.47 Å². The molecular weight excluding hydrogens is 392 g/mol. The van der Waals surface area contributed by atoms with Crippen molar-refractivity contribution in [2.24, 2.45) is 0 Å². The van der Waals surface area contributed by atoms with Gasteiger partial charge in [0.15, 0.2) is 12.4 Å². The molecule has 1 aliphatic rings. The molecule has 2 heterocycles. The van der Waals surface area contributed by atoms with Crippen LogP contribution in [0.1, 0.15) is 45.8 Å². The van der Waals surface area contributed by atoms with Gasteiger partial charge in [-0.05, 0) is 44.2 Å². The molecular formula is C25H26N2O4. The molecule has 4 rings (SSSR count). The van der Waals surface area contributed by atoms with Crippen molar-refractivity contribution in [1.82, 2.24) is 9.88 Å². The molecule has 0 atom stereocenters. The number of aromatic nitrogens is 1. The molecule has 1 aromatic heterocycles. The van der Waals surface area contributed by atoms with Crippen LogP contribution in [0.4, 0.5) is 0 Å². The molecule has 0 aliphatic carbocycles. The number of para-hydroxylation sites is 1. The lowest BCUT2D eigenvalue weighted by Gasteiger charge is -2.32. The Kier molecular flexibility index (Phi) is 6.00. The summed E-state index contributed by atoms with van der Waals surface area (Å²) in [6.07, 6.45) is 0.781. The van der Waals surface area contributed by atoms with E-state index in [1.807, 2.05) is 24.3 Å². The van der Waals surface area contributed by atoms with Crippen LogP contribution in [0, 0.1) is 0 Å². The summed E-state index contributed by atoms with van der Waals surface area (Å²) >= 11 is 0. The minimum absolute atomic E-state index is 0.257. The molecule has 0 radical (unpaired) electrons. The fraction of sp³-hybridized carbons (Fsp3) is 0.320. The fourth-order valence-corrected chi connectivity index (χ4v) is 3.95. The van der Waals surface area contributed by atoms with Crippen molar-refractivity contribution in [3.8, 4) is 5.75 Å². The van der Waals surface area contributed by atoms with E-state index in [-0.39, 0.29) is 12.4 Å². The van der Waals surface area contributed by atoms with Gasteiger partial charge in [0.25, 0.3) is 0 Å². The number of pyridine rings is 1. The Morgan fingerprint density at radius 2 is 1.84 bits per heavy atom. The van der Waals surface area contributed by atoms with Gasteiger partial charge >= 0.3 is 5.97 Å². The maximum atomic E-state index is 13.2. The Morgan fingerprint density at radius 1 is 1.10 bits per heavy atom. The molecule has 160 valence electrons. The van der Waals surface area contributed by atoms with E-state index in [9.17, 15) is 9.59 Å². The van der Waals surface area contributed by atoms with Gasteiger partial charge in [-0.25, -0.2) is 4.79 Å². The third-order valence-corrected chi connectivity index (χ3v) is 5.76. The van der Waals surface area contributed by atoms with Crippen LogP contribution < -0.4 is 4.74 Å². The van der Waals surface area contributed by atoms with Crippen LogP contribution >= 0.6 is 0 Å². The van der Waals surface area contributed by atoms with Crippen LogP contribution in [0.5, 0.6) is 5.75 Å². The third kappa shape index (κ3) is 4.30. The van der Waals surface area contributed by atoms with E-state index in [0.29, 0.717) is 29.5 Å².